The summed E-state index contributed by atoms with van der Waals surface area (Å²) in [6, 6.07) is 18.2. The number of hydrogen-bond acceptors (Lipinski definition) is 2. The molecule has 0 saturated heterocycles. The van der Waals surface area contributed by atoms with E-state index in [0.29, 0.717) is 27.2 Å². The molecular formula is C23H15ClFNO3. The van der Waals surface area contributed by atoms with Gasteiger partial charge in [-0.15, -0.1) is 0 Å². The van der Waals surface area contributed by atoms with E-state index < -0.39 is 5.97 Å². The molecule has 4 rings (SSSR count). The highest BCUT2D eigenvalue weighted by molar-refractivity contribution is 6.34. The van der Waals surface area contributed by atoms with Crippen LogP contribution in [0.2, 0.25) is 5.02 Å². The van der Waals surface area contributed by atoms with Crippen molar-refractivity contribution in [1.82, 2.24) is 4.98 Å². The zero-order valence-corrected chi connectivity index (χ0v) is 15.8. The lowest BCUT2D eigenvalue weighted by Crippen LogP contribution is -2.09. The molecule has 4 nitrogen and oxygen atoms in total. The maximum absolute atomic E-state index is 13.2. The Bertz CT molecular complexity index is 1300. The van der Waals surface area contributed by atoms with Crippen LogP contribution in [0.3, 0.4) is 0 Å². The lowest BCUT2D eigenvalue weighted by Gasteiger charge is -2.09. The molecule has 0 saturated carbocycles. The van der Waals surface area contributed by atoms with Gasteiger partial charge in [0, 0.05) is 16.6 Å². The molecule has 144 valence electrons. The summed E-state index contributed by atoms with van der Waals surface area (Å²) in [6.45, 7) is 0. The first-order chi connectivity index (χ1) is 13.9. The number of fused-ring (bicyclic) bond motifs is 1. The molecule has 1 aromatic heterocycles. The van der Waals surface area contributed by atoms with E-state index >= 15 is 0 Å². The summed E-state index contributed by atoms with van der Waals surface area (Å²) in [4.78, 5) is 26.4. The van der Waals surface area contributed by atoms with Crippen molar-refractivity contribution in [2.24, 2.45) is 0 Å². The van der Waals surface area contributed by atoms with E-state index in [4.69, 9.17) is 16.7 Å². The van der Waals surface area contributed by atoms with Gasteiger partial charge in [-0.1, -0.05) is 48.0 Å². The van der Waals surface area contributed by atoms with Crippen LogP contribution in [-0.4, -0.2) is 16.1 Å². The summed E-state index contributed by atoms with van der Waals surface area (Å²) in [5.41, 5.74) is 3.43. The SMILES string of the molecule is O=C(O)Cc1cccc(-c2cc3cc(-c4ccc(F)cc4)c(Cl)cc3[nH]c2=O)c1. The van der Waals surface area contributed by atoms with Crippen LogP contribution in [0.4, 0.5) is 4.39 Å². The second kappa shape index (κ2) is 7.53. The second-order valence-corrected chi connectivity index (χ2v) is 7.12. The number of halogens is 2. The van der Waals surface area contributed by atoms with Crippen LogP contribution in [-0.2, 0) is 11.2 Å². The van der Waals surface area contributed by atoms with Crippen LogP contribution in [0, 0.1) is 5.82 Å². The van der Waals surface area contributed by atoms with E-state index in [1.807, 2.05) is 6.07 Å². The van der Waals surface area contributed by atoms with Gasteiger partial charge in [0.25, 0.3) is 5.56 Å². The minimum Gasteiger partial charge on any atom is -0.481 e. The van der Waals surface area contributed by atoms with Gasteiger partial charge in [-0.05, 0) is 52.4 Å². The Hall–Kier alpha value is -3.44. The molecule has 0 aliphatic carbocycles. The number of rotatable bonds is 4. The van der Waals surface area contributed by atoms with Gasteiger partial charge in [-0.25, -0.2) is 4.39 Å². The summed E-state index contributed by atoms with van der Waals surface area (Å²) >= 11 is 6.38. The Labute approximate surface area is 170 Å². The zero-order valence-electron chi connectivity index (χ0n) is 15.1. The van der Waals surface area contributed by atoms with Gasteiger partial charge in [0.2, 0.25) is 0 Å². The first kappa shape index (κ1) is 18.9. The highest BCUT2D eigenvalue weighted by atomic mass is 35.5. The molecule has 29 heavy (non-hydrogen) atoms. The summed E-state index contributed by atoms with van der Waals surface area (Å²) in [5.74, 6) is -1.27. The lowest BCUT2D eigenvalue weighted by molar-refractivity contribution is -0.136. The van der Waals surface area contributed by atoms with E-state index in [-0.39, 0.29) is 17.8 Å². The number of pyridine rings is 1. The Kier molecular flexibility index (Phi) is 4.91. The molecule has 0 aliphatic heterocycles. The third-order valence-electron chi connectivity index (χ3n) is 4.68. The zero-order chi connectivity index (χ0) is 20.5. The van der Waals surface area contributed by atoms with Crippen LogP contribution in [0.5, 0.6) is 0 Å². The van der Waals surface area contributed by atoms with Crippen LogP contribution in [0.15, 0.2) is 71.5 Å². The van der Waals surface area contributed by atoms with E-state index in [2.05, 4.69) is 4.98 Å². The number of carboxylic acid groups (broad SMARTS) is 1. The quantitative estimate of drug-likeness (QED) is 0.483. The average Bonchev–Trinajstić information content (AvgIpc) is 2.67. The highest BCUT2D eigenvalue weighted by Crippen LogP contribution is 2.32. The van der Waals surface area contributed by atoms with E-state index in [1.54, 1.807) is 48.5 Å². The Morgan fingerprint density at radius 3 is 2.41 bits per heavy atom. The predicted molar refractivity (Wildman–Crippen MR) is 112 cm³/mol. The molecule has 0 fully saturated rings. The molecule has 0 unspecified atom stereocenters. The highest BCUT2D eigenvalue weighted by Gasteiger charge is 2.11. The first-order valence-electron chi connectivity index (χ1n) is 8.84. The van der Waals surface area contributed by atoms with Crippen molar-refractivity contribution >= 4 is 28.5 Å². The van der Waals surface area contributed by atoms with Crippen molar-refractivity contribution in [2.45, 2.75) is 6.42 Å². The van der Waals surface area contributed by atoms with Crippen molar-refractivity contribution in [3.63, 3.8) is 0 Å². The summed E-state index contributed by atoms with van der Waals surface area (Å²) in [5, 5.41) is 10.2. The average molecular weight is 408 g/mol. The first-order valence-corrected chi connectivity index (χ1v) is 9.22. The molecule has 0 bridgehead atoms. The monoisotopic (exact) mass is 407 g/mol. The van der Waals surface area contributed by atoms with Gasteiger partial charge in [-0.3, -0.25) is 9.59 Å². The maximum Gasteiger partial charge on any atom is 0.307 e. The van der Waals surface area contributed by atoms with Crippen LogP contribution in [0.25, 0.3) is 33.2 Å². The van der Waals surface area contributed by atoms with Crippen LogP contribution >= 0.6 is 11.6 Å². The number of H-pyrrole nitrogens is 1. The Morgan fingerprint density at radius 2 is 1.69 bits per heavy atom. The number of aromatic nitrogens is 1. The van der Waals surface area contributed by atoms with Gasteiger partial charge in [0.05, 0.1) is 11.4 Å². The number of nitrogens with one attached hydrogen (secondary N) is 1. The summed E-state index contributed by atoms with van der Waals surface area (Å²) in [7, 11) is 0. The fourth-order valence-corrected chi connectivity index (χ4v) is 3.59. The second-order valence-electron chi connectivity index (χ2n) is 6.71. The molecular weight excluding hydrogens is 393 g/mol. The molecule has 0 amide bonds. The fraction of sp³-hybridized carbons (Fsp3) is 0.0435. The van der Waals surface area contributed by atoms with E-state index in [1.165, 1.54) is 12.1 Å². The van der Waals surface area contributed by atoms with Crippen molar-refractivity contribution < 1.29 is 14.3 Å². The number of carboxylic acids is 1. The molecule has 3 aromatic carbocycles. The normalized spacial score (nSPS) is 11.0. The van der Waals surface area contributed by atoms with Gasteiger partial charge >= 0.3 is 5.97 Å². The standard InChI is InChI=1S/C23H15ClFNO3/c24-20-12-21-16(10-18(20)14-4-6-17(25)7-5-14)11-19(23(29)26-21)15-3-1-2-13(8-15)9-22(27)28/h1-8,10-12H,9H2,(H,26,29)(H,27,28). The minimum atomic E-state index is -0.937. The van der Waals surface area contributed by atoms with E-state index in [9.17, 15) is 14.0 Å². The molecule has 1 heterocycles. The summed E-state index contributed by atoms with van der Waals surface area (Å²) < 4.78 is 13.2. The minimum absolute atomic E-state index is 0.121. The number of aromatic amines is 1. The number of hydrogen-bond donors (Lipinski definition) is 2. The number of benzene rings is 3. The molecule has 0 aliphatic rings. The lowest BCUT2D eigenvalue weighted by atomic mass is 9.99. The van der Waals surface area contributed by atoms with E-state index in [0.717, 1.165) is 16.5 Å². The van der Waals surface area contributed by atoms with Crippen molar-refractivity contribution in [3.8, 4) is 22.3 Å². The molecule has 0 spiro atoms. The molecule has 6 heteroatoms. The largest absolute Gasteiger partial charge is 0.481 e. The van der Waals surface area contributed by atoms with Gasteiger partial charge in [0.1, 0.15) is 5.82 Å². The third-order valence-corrected chi connectivity index (χ3v) is 4.99. The third kappa shape index (κ3) is 3.91. The van der Waals surface area contributed by atoms with Gasteiger partial charge in [0.15, 0.2) is 0 Å². The topological polar surface area (TPSA) is 70.2 Å². The molecule has 0 atom stereocenters. The Balaban J connectivity index is 1.85. The Morgan fingerprint density at radius 1 is 0.966 bits per heavy atom. The number of carbonyl (C=O) groups is 1. The fourth-order valence-electron chi connectivity index (χ4n) is 3.32. The smallest absolute Gasteiger partial charge is 0.307 e. The van der Waals surface area contributed by atoms with Crippen molar-refractivity contribution in [1.29, 1.82) is 0 Å². The van der Waals surface area contributed by atoms with Gasteiger partial charge < -0.3 is 10.1 Å². The van der Waals surface area contributed by atoms with Crippen LogP contribution in [0.1, 0.15) is 5.56 Å². The molecule has 2 N–H and O–H groups in total. The summed E-state index contributed by atoms with van der Waals surface area (Å²) in [6.07, 6.45) is -0.121. The molecule has 4 aromatic rings. The maximum atomic E-state index is 13.2. The van der Waals surface area contributed by atoms with Crippen molar-refractivity contribution in [3.05, 3.63) is 93.5 Å². The van der Waals surface area contributed by atoms with Crippen molar-refractivity contribution in [2.75, 3.05) is 0 Å². The van der Waals surface area contributed by atoms with Crippen LogP contribution < -0.4 is 5.56 Å². The number of aliphatic carboxylic acids is 1. The predicted octanol–water partition coefficient (Wildman–Crippen LogP) is 5.28. The molecule has 0 radical (unpaired) electrons. The van der Waals surface area contributed by atoms with Gasteiger partial charge in [-0.2, -0.15) is 0 Å².